The zero-order chi connectivity index (χ0) is 39.4. The first-order chi connectivity index (χ1) is 28.2. The fourth-order valence-electron chi connectivity index (χ4n) is 8.74. The lowest BCUT2D eigenvalue weighted by Crippen LogP contribution is -2.43. The maximum atomic E-state index is 5.16. The summed E-state index contributed by atoms with van der Waals surface area (Å²) >= 11 is 0. The van der Waals surface area contributed by atoms with Crippen LogP contribution in [0.5, 0.6) is 0 Å². The van der Waals surface area contributed by atoms with Crippen LogP contribution in [0.3, 0.4) is 0 Å². The summed E-state index contributed by atoms with van der Waals surface area (Å²) in [6.45, 7) is 9.62. The molecule has 278 valence electrons. The fraction of sp³-hybridized carbons (Fsp3) is 0.109. The lowest BCUT2D eigenvalue weighted by molar-refractivity contribution is 0.299. The van der Waals surface area contributed by atoms with Crippen LogP contribution in [0.25, 0.3) is 89.4 Å². The van der Waals surface area contributed by atoms with Gasteiger partial charge < -0.3 is 0 Å². The predicted molar refractivity (Wildman–Crippen MR) is 241 cm³/mol. The number of aromatic nitrogens is 3. The molecule has 1 heterocycles. The van der Waals surface area contributed by atoms with Crippen molar-refractivity contribution in [2.45, 2.75) is 38.5 Å². The van der Waals surface area contributed by atoms with Crippen molar-refractivity contribution in [2.75, 3.05) is 0 Å². The first-order valence-corrected chi connectivity index (χ1v) is 20.1. The number of benzene rings is 8. The molecule has 0 aliphatic heterocycles. The molecule has 10 rings (SSSR count). The van der Waals surface area contributed by atoms with E-state index < -0.39 is 0 Å². The third-order valence-electron chi connectivity index (χ3n) is 12.7. The van der Waals surface area contributed by atoms with Crippen molar-refractivity contribution < 1.29 is 0 Å². The maximum Gasteiger partial charge on any atom is 0.164 e. The van der Waals surface area contributed by atoms with Gasteiger partial charge in [-0.15, -0.1) is 0 Å². The highest BCUT2D eigenvalue weighted by atomic mass is 15.0. The molecule has 3 nitrogen and oxygen atoms in total. The van der Waals surface area contributed by atoms with E-state index in [1.807, 2.05) is 36.4 Å². The van der Waals surface area contributed by atoms with Crippen molar-refractivity contribution in [3.63, 3.8) is 0 Å². The Morgan fingerprint density at radius 3 is 1.45 bits per heavy atom. The first-order valence-electron chi connectivity index (χ1n) is 20.1. The van der Waals surface area contributed by atoms with Gasteiger partial charge in [-0.1, -0.05) is 185 Å². The predicted octanol–water partition coefficient (Wildman–Crippen LogP) is 14.3. The van der Waals surface area contributed by atoms with E-state index >= 15 is 0 Å². The Bertz CT molecular complexity index is 2930. The molecule has 58 heavy (non-hydrogen) atoms. The smallest absolute Gasteiger partial charge is 0.164 e. The van der Waals surface area contributed by atoms with Gasteiger partial charge in [0, 0.05) is 16.7 Å². The van der Waals surface area contributed by atoms with Crippen molar-refractivity contribution in [3.8, 4) is 78.7 Å². The Morgan fingerprint density at radius 2 is 0.776 bits per heavy atom. The second kappa shape index (κ2) is 13.9. The Kier molecular flexibility index (Phi) is 8.49. The van der Waals surface area contributed by atoms with Gasteiger partial charge in [0.2, 0.25) is 0 Å². The molecule has 0 fully saturated rings. The summed E-state index contributed by atoms with van der Waals surface area (Å²) in [5.41, 5.74) is 15.1. The molecular formula is C55H43N3. The highest BCUT2D eigenvalue weighted by Gasteiger charge is 2.46. The second-order valence-corrected chi connectivity index (χ2v) is 16.5. The topological polar surface area (TPSA) is 38.7 Å². The van der Waals surface area contributed by atoms with Crippen LogP contribution in [-0.2, 0) is 10.8 Å². The third-order valence-corrected chi connectivity index (χ3v) is 12.7. The van der Waals surface area contributed by atoms with Crippen molar-refractivity contribution in [3.05, 3.63) is 199 Å². The summed E-state index contributed by atoms with van der Waals surface area (Å²) in [6.07, 6.45) is 0. The van der Waals surface area contributed by atoms with Gasteiger partial charge in [0.15, 0.2) is 17.5 Å². The molecule has 0 unspecified atom stereocenters. The van der Waals surface area contributed by atoms with Crippen molar-refractivity contribution in [1.82, 2.24) is 15.0 Å². The summed E-state index contributed by atoms with van der Waals surface area (Å²) in [4.78, 5) is 15.3. The normalized spacial score (nSPS) is 13.8. The number of fused-ring (bicyclic) bond motifs is 4. The minimum atomic E-state index is -0.150. The highest BCUT2D eigenvalue weighted by Crippen LogP contribution is 2.55. The molecule has 0 bridgehead atoms. The molecule has 9 aromatic rings. The van der Waals surface area contributed by atoms with Crippen molar-refractivity contribution >= 4 is 10.8 Å². The van der Waals surface area contributed by atoms with E-state index in [0.717, 1.165) is 33.0 Å². The van der Waals surface area contributed by atoms with Crippen LogP contribution in [0.15, 0.2) is 188 Å². The molecule has 0 atom stereocenters. The minimum Gasteiger partial charge on any atom is -0.208 e. The molecule has 3 heteroatoms. The molecule has 0 saturated heterocycles. The summed E-state index contributed by atoms with van der Waals surface area (Å²) in [6, 6.07) is 67.2. The largest absolute Gasteiger partial charge is 0.208 e. The Labute approximate surface area is 340 Å². The Hall–Kier alpha value is -6.97. The maximum absolute atomic E-state index is 5.16. The molecule has 1 aromatic heterocycles. The van der Waals surface area contributed by atoms with Gasteiger partial charge in [0.1, 0.15) is 0 Å². The van der Waals surface area contributed by atoms with Crippen LogP contribution in [0.1, 0.15) is 38.8 Å². The van der Waals surface area contributed by atoms with Gasteiger partial charge in [-0.25, -0.2) is 15.0 Å². The van der Waals surface area contributed by atoms with Crippen LogP contribution in [0.4, 0.5) is 0 Å². The van der Waals surface area contributed by atoms with Crippen LogP contribution < -0.4 is 0 Å². The van der Waals surface area contributed by atoms with Gasteiger partial charge in [-0.3, -0.25) is 0 Å². The molecule has 0 spiro atoms. The van der Waals surface area contributed by atoms with E-state index in [9.17, 15) is 0 Å². The third kappa shape index (κ3) is 6.02. The zero-order valence-corrected chi connectivity index (χ0v) is 33.2. The van der Waals surface area contributed by atoms with Gasteiger partial charge in [-0.05, 0) is 108 Å². The summed E-state index contributed by atoms with van der Waals surface area (Å²) in [5.74, 6) is 1.96. The van der Waals surface area contributed by atoms with E-state index in [0.29, 0.717) is 17.5 Å². The average Bonchev–Trinajstić information content (AvgIpc) is 3.28. The molecule has 0 N–H and O–H groups in total. The number of rotatable bonds is 6. The zero-order valence-electron chi connectivity index (χ0n) is 33.2. The molecule has 0 radical (unpaired) electrons. The van der Waals surface area contributed by atoms with Crippen molar-refractivity contribution in [2.24, 2.45) is 0 Å². The standard InChI is InChI=1S/C55H43N3/c1-54(2)49-30-28-41(40-25-16-24-39(31-40)36-17-8-5-9-18-36)33-47(49)46-29-27-42(35-50(46)55(54,3)4)44-32-43-23-14-15-26-45(43)48(34-44)53-57-51(37-19-10-6-11-20-37)56-52(58-53)38-21-12-7-13-22-38/h5-35H,1-4H3. The lowest BCUT2D eigenvalue weighted by atomic mass is 9.55. The van der Waals surface area contributed by atoms with Crippen LogP contribution >= 0.6 is 0 Å². The van der Waals surface area contributed by atoms with Gasteiger partial charge in [0.25, 0.3) is 0 Å². The van der Waals surface area contributed by atoms with Gasteiger partial charge >= 0.3 is 0 Å². The Morgan fingerprint density at radius 1 is 0.293 bits per heavy atom. The average molecular weight is 746 g/mol. The van der Waals surface area contributed by atoms with E-state index in [-0.39, 0.29) is 10.8 Å². The first kappa shape index (κ1) is 35.4. The van der Waals surface area contributed by atoms with Crippen LogP contribution in [0.2, 0.25) is 0 Å². The highest BCUT2D eigenvalue weighted by molar-refractivity contribution is 5.99. The van der Waals surface area contributed by atoms with Crippen LogP contribution in [0, 0.1) is 0 Å². The molecule has 0 saturated carbocycles. The summed E-state index contributed by atoms with van der Waals surface area (Å²) in [7, 11) is 0. The Balaban J connectivity index is 1.12. The molecular weight excluding hydrogens is 703 g/mol. The number of hydrogen-bond donors (Lipinski definition) is 0. The molecule has 1 aliphatic carbocycles. The summed E-state index contributed by atoms with van der Waals surface area (Å²) in [5, 5.41) is 2.25. The van der Waals surface area contributed by atoms with Gasteiger partial charge in [0.05, 0.1) is 0 Å². The lowest BCUT2D eigenvalue weighted by Gasteiger charge is -2.48. The SMILES string of the molecule is CC1(C)c2ccc(-c3cccc(-c4ccccc4)c3)cc2-c2ccc(-c3cc(-c4nc(-c5ccccc5)nc(-c5ccccc5)n4)c4ccccc4c3)cc2C1(C)C. The molecule has 8 aromatic carbocycles. The van der Waals surface area contributed by atoms with E-state index in [1.54, 1.807) is 0 Å². The minimum absolute atomic E-state index is 0.126. The molecule has 1 aliphatic rings. The van der Waals surface area contributed by atoms with Crippen LogP contribution in [-0.4, -0.2) is 15.0 Å². The van der Waals surface area contributed by atoms with E-state index in [2.05, 4.69) is 179 Å². The van der Waals surface area contributed by atoms with Gasteiger partial charge in [-0.2, -0.15) is 0 Å². The quantitative estimate of drug-likeness (QED) is 0.170. The monoisotopic (exact) mass is 745 g/mol. The van der Waals surface area contributed by atoms with E-state index in [1.165, 1.54) is 50.1 Å². The van der Waals surface area contributed by atoms with Crippen molar-refractivity contribution in [1.29, 1.82) is 0 Å². The number of hydrogen-bond acceptors (Lipinski definition) is 3. The molecule has 0 amide bonds. The number of nitrogens with zero attached hydrogens (tertiary/aromatic N) is 3. The second-order valence-electron chi connectivity index (χ2n) is 16.5. The van der Waals surface area contributed by atoms with E-state index in [4.69, 9.17) is 15.0 Å². The fourth-order valence-corrected chi connectivity index (χ4v) is 8.74. The summed E-state index contributed by atoms with van der Waals surface area (Å²) < 4.78 is 0.